The molecule has 3 heteroatoms. The van der Waals surface area contributed by atoms with E-state index in [0.29, 0.717) is 11.3 Å². The standard InChI is InChI=1S/C25H25.C13H19.C9H10.2ClH.Zr/c1-14-12-24(3,4)22-8-16-7-17-9-23-19(15(2)13-25(23,5)6)11-21(17)20(16)10-18(14)22;1-11-6-7-12(10-11)13(2)8-4-3-5-9-13;1-3-9-6-4-8(2)5-7-9;;;/h7-13H,1-6H3;7,10-11H,3-5,8-9H2,1-2H3;4-7H,1-2H3;2*1H;/q2*-1;;;;+2/p-2. The van der Waals surface area contributed by atoms with Crippen LogP contribution in [-0.4, -0.2) is 3.21 Å². The van der Waals surface area contributed by atoms with Crippen molar-refractivity contribution in [3.8, 4) is 0 Å². The first kappa shape index (κ1) is 40.6. The Morgan fingerprint density at radius 1 is 0.740 bits per heavy atom. The zero-order chi connectivity index (χ0) is 34.6. The molecule has 50 heavy (non-hydrogen) atoms. The summed E-state index contributed by atoms with van der Waals surface area (Å²) in [6.07, 6.45) is 19.8. The molecule has 4 aromatic rings. The summed E-state index contributed by atoms with van der Waals surface area (Å²) in [5.41, 5.74) is 13.6. The third-order valence-corrected chi connectivity index (χ3v) is 12.2. The molecule has 1 atom stereocenters. The second-order valence-electron chi connectivity index (χ2n) is 16.5. The summed E-state index contributed by atoms with van der Waals surface area (Å²) in [5.74, 6) is 0.550. The number of fused-ring (bicyclic) bond motifs is 5. The van der Waals surface area contributed by atoms with Crippen LogP contribution in [-0.2, 0) is 35.1 Å². The van der Waals surface area contributed by atoms with Gasteiger partial charge in [-0.3, -0.25) is 6.08 Å². The summed E-state index contributed by atoms with van der Waals surface area (Å²) in [4.78, 5) is 0. The van der Waals surface area contributed by atoms with Gasteiger partial charge in [0.1, 0.15) is 0 Å². The molecule has 4 aliphatic rings. The summed E-state index contributed by atoms with van der Waals surface area (Å²) in [7, 11) is 0. The van der Waals surface area contributed by atoms with Crippen molar-refractivity contribution < 1.29 is 49.0 Å². The van der Waals surface area contributed by atoms with Crippen LogP contribution in [0.25, 0.3) is 32.7 Å². The predicted octanol–water partition coefficient (Wildman–Crippen LogP) is 7.08. The number of benzene rings is 3. The summed E-state index contributed by atoms with van der Waals surface area (Å²) < 4.78 is 1.46. The number of hydrogen-bond donors (Lipinski definition) is 0. The third kappa shape index (κ3) is 8.07. The van der Waals surface area contributed by atoms with Gasteiger partial charge in [-0.05, 0) is 36.1 Å². The molecule has 0 heterocycles. The van der Waals surface area contributed by atoms with E-state index in [1.54, 1.807) is 5.57 Å². The minimum Gasteiger partial charge on any atom is -1.00 e. The van der Waals surface area contributed by atoms with Gasteiger partial charge in [0.15, 0.2) is 0 Å². The van der Waals surface area contributed by atoms with Gasteiger partial charge in [-0.2, -0.15) is 11.6 Å². The van der Waals surface area contributed by atoms with E-state index < -0.39 is 0 Å². The van der Waals surface area contributed by atoms with E-state index in [-0.39, 0.29) is 35.6 Å². The Bertz CT molecular complexity index is 1930. The van der Waals surface area contributed by atoms with E-state index in [4.69, 9.17) is 0 Å². The minimum absolute atomic E-state index is 0. The molecule has 4 aliphatic carbocycles. The molecular formula is C47H54Cl2Zr-2. The number of allylic oxidation sites excluding steroid dienone is 8. The third-order valence-electron chi connectivity index (χ3n) is 11.4. The van der Waals surface area contributed by atoms with Crippen molar-refractivity contribution >= 4 is 35.9 Å². The molecule has 1 saturated carbocycles. The Balaban J connectivity index is 0.000000190. The molecule has 262 valence electrons. The fourth-order valence-corrected chi connectivity index (χ4v) is 9.01. The molecule has 0 radical (unpaired) electrons. The van der Waals surface area contributed by atoms with Crippen LogP contribution in [0, 0.1) is 24.3 Å². The zero-order valence-electron chi connectivity index (χ0n) is 31.9. The van der Waals surface area contributed by atoms with Crippen molar-refractivity contribution in [2.24, 2.45) is 11.3 Å². The molecule has 0 bridgehead atoms. The minimum atomic E-state index is 0. The van der Waals surface area contributed by atoms with Gasteiger partial charge in [-0.15, -0.1) is 39.7 Å². The Hall–Kier alpha value is -2.18. The van der Waals surface area contributed by atoms with E-state index >= 15 is 0 Å². The van der Waals surface area contributed by atoms with E-state index in [9.17, 15) is 0 Å². The molecule has 0 aliphatic heterocycles. The summed E-state index contributed by atoms with van der Waals surface area (Å²) >= 11 is 1.51. The molecule has 0 amide bonds. The number of halogens is 2. The van der Waals surface area contributed by atoms with E-state index in [1.165, 1.54) is 126 Å². The average Bonchev–Trinajstić information content (AvgIpc) is 3.74. The number of rotatable bonds is 2. The molecule has 0 N–H and O–H groups in total. The largest absolute Gasteiger partial charge is 1.00 e. The van der Waals surface area contributed by atoms with Crippen molar-refractivity contribution in [1.82, 2.24) is 0 Å². The van der Waals surface area contributed by atoms with Gasteiger partial charge in [0, 0.05) is 10.8 Å². The maximum absolute atomic E-state index is 3.37. The molecule has 0 nitrogen and oxygen atoms in total. The maximum Gasteiger partial charge on any atom is -1.00 e. The van der Waals surface area contributed by atoms with Gasteiger partial charge < -0.3 is 24.8 Å². The Kier molecular flexibility index (Phi) is 12.5. The van der Waals surface area contributed by atoms with E-state index in [2.05, 4.69) is 154 Å². The topological polar surface area (TPSA) is 0 Å². The van der Waals surface area contributed by atoms with Crippen molar-refractivity contribution in [3.63, 3.8) is 0 Å². The first-order valence-corrected chi connectivity index (χ1v) is 19.4. The molecule has 0 saturated heterocycles. The van der Waals surface area contributed by atoms with Crippen LogP contribution in [0.2, 0.25) is 0 Å². The first-order valence-electron chi connectivity index (χ1n) is 18.1. The van der Waals surface area contributed by atoms with E-state index in [0.717, 1.165) is 0 Å². The summed E-state index contributed by atoms with van der Waals surface area (Å²) in [5, 5.41) is 5.57. The molecule has 0 aromatic heterocycles. The average molecular weight is 781 g/mol. The monoisotopic (exact) mass is 778 g/mol. The molecule has 0 spiro atoms. The van der Waals surface area contributed by atoms with Gasteiger partial charge in [0.25, 0.3) is 0 Å². The van der Waals surface area contributed by atoms with Gasteiger partial charge in [0.05, 0.1) is 0 Å². The van der Waals surface area contributed by atoms with Crippen LogP contribution in [0.4, 0.5) is 0 Å². The maximum atomic E-state index is 3.37. The second kappa shape index (κ2) is 15.4. The molecule has 1 fully saturated rings. The van der Waals surface area contributed by atoms with Crippen LogP contribution in [0.3, 0.4) is 0 Å². The zero-order valence-corrected chi connectivity index (χ0v) is 35.8. The van der Waals surface area contributed by atoms with Crippen LogP contribution >= 0.6 is 0 Å². The quantitative estimate of drug-likeness (QED) is 0.191. The summed E-state index contributed by atoms with van der Waals surface area (Å²) in [6.45, 7) is 22.7. The van der Waals surface area contributed by atoms with Gasteiger partial charge in [-0.25, -0.2) is 6.08 Å². The van der Waals surface area contributed by atoms with Crippen molar-refractivity contribution in [1.29, 1.82) is 0 Å². The van der Waals surface area contributed by atoms with E-state index in [1.807, 2.05) is 0 Å². The summed E-state index contributed by atoms with van der Waals surface area (Å²) in [6, 6.07) is 20.8. The van der Waals surface area contributed by atoms with Crippen molar-refractivity contribution in [3.05, 3.63) is 124 Å². The van der Waals surface area contributed by atoms with Gasteiger partial charge in [-0.1, -0.05) is 120 Å². The number of aryl methyl sites for hydroxylation is 1. The fourth-order valence-electron chi connectivity index (χ4n) is 8.60. The van der Waals surface area contributed by atoms with Gasteiger partial charge >= 0.3 is 76.7 Å². The Morgan fingerprint density at radius 3 is 1.64 bits per heavy atom. The van der Waals surface area contributed by atoms with Crippen LogP contribution < -0.4 is 24.8 Å². The van der Waals surface area contributed by atoms with Crippen LogP contribution in [0.5, 0.6) is 0 Å². The van der Waals surface area contributed by atoms with Gasteiger partial charge in [0.2, 0.25) is 0 Å². The fraction of sp³-hybridized carbons (Fsp3) is 0.404. The number of hydrogen-bond acceptors (Lipinski definition) is 0. The predicted molar refractivity (Wildman–Crippen MR) is 208 cm³/mol. The molecule has 1 unspecified atom stereocenters. The Morgan fingerprint density at radius 2 is 1.22 bits per heavy atom. The normalized spacial score (nSPS) is 20.2. The van der Waals surface area contributed by atoms with Crippen LogP contribution in [0.1, 0.15) is 128 Å². The smallest absolute Gasteiger partial charge is 1.00 e. The van der Waals surface area contributed by atoms with Crippen molar-refractivity contribution in [2.45, 2.75) is 112 Å². The second-order valence-corrected chi connectivity index (χ2v) is 18.4. The molecule has 4 aromatic carbocycles. The molecule has 8 rings (SSSR count). The Labute approximate surface area is 330 Å². The van der Waals surface area contributed by atoms with Crippen molar-refractivity contribution in [2.75, 3.05) is 0 Å². The van der Waals surface area contributed by atoms with Crippen LogP contribution in [0.15, 0.2) is 84.5 Å². The molecular weight excluding hydrogens is 727 g/mol. The SMILES string of the molecule is CC1=CC(C)(C)c2cc3[cH-]c4cc5c(cc4c3cc21)C(C)=CC5(C)C.CC1[C-]=CC(C2(C)CCCCC2)=C1.C[C](=[Zr+2])c1ccc(C)cc1.[Cl-].[Cl-]. The first-order chi connectivity index (χ1) is 22.6.